The third kappa shape index (κ3) is 5.58. The second-order valence-electron chi connectivity index (χ2n) is 5.12. The molecule has 0 radical (unpaired) electrons. The lowest BCUT2D eigenvalue weighted by Gasteiger charge is -2.08. The summed E-state index contributed by atoms with van der Waals surface area (Å²) in [5, 5.41) is 3.42. The van der Waals surface area contributed by atoms with Crippen LogP contribution in [-0.4, -0.2) is 34.7 Å². The number of hydrogen-bond donors (Lipinski definition) is 2. The molecule has 1 saturated carbocycles. The van der Waals surface area contributed by atoms with Gasteiger partial charge in [-0.2, -0.15) is 0 Å². The average Bonchev–Trinajstić information content (AvgIpc) is 3.20. The first-order valence-corrected chi connectivity index (χ1v) is 8.52. The van der Waals surface area contributed by atoms with Crippen molar-refractivity contribution in [2.75, 3.05) is 20.3 Å². The zero-order valence-corrected chi connectivity index (χ0v) is 12.6. The van der Waals surface area contributed by atoms with Crippen LogP contribution >= 0.6 is 0 Å². The summed E-state index contributed by atoms with van der Waals surface area (Å²) in [5.41, 5.74) is 1.94. The van der Waals surface area contributed by atoms with Crippen molar-refractivity contribution in [3.8, 4) is 0 Å². The van der Waals surface area contributed by atoms with Crippen molar-refractivity contribution in [1.82, 2.24) is 10.0 Å². The second-order valence-corrected chi connectivity index (χ2v) is 6.93. The van der Waals surface area contributed by atoms with E-state index in [1.54, 1.807) is 7.11 Å². The second kappa shape index (κ2) is 7.17. The number of sulfonamides is 1. The van der Waals surface area contributed by atoms with Gasteiger partial charge in [-0.05, 0) is 24.0 Å². The summed E-state index contributed by atoms with van der Waals surface area (Å²) in [6.45, 7) is 1.49. The molecule has 0 saturated heterocycles. The van der Waals surface area contributed by atoms with Gasteiger partial charge in [0.15, 0.2) is 0 Å². The Kier molecular flexibility index (Phi) is 5.54. The molecule has 1 aromatic rings. The lowest BCUT2D eigenvalue weighted by molar-refractivity contribution is 0.204. The first-order chi connectivity index (χ1) is 9.59. The SMILES string of the molecule is COCCNS(=O)(=O)Cc1cccc(CNC2CC2)c1. The molecule has 6 heteroatoms. The van der Waals surface area contributed by atoms with E-state index < -0.39 is 10.0 Å². The van der Waals surface area contributed by atoms with Crippen LogP contribution in [0, 0.1) is 0 Å². The predicted octanol–water partition coefficient (Wildman–Crippen LogP) is 1.00. The molecule has 20 heavy (non-hydrogen) atoms. The maximum absolute atomic E-state index is 11.9. The zero-order chi connectivity index (χ0) is 14.4. The minimum atomic E-state index is -3.29. The lowest BCUT2D eigenvalue weighted by atomic mass is 10.1. The van der Waals surface area contributed by atoms with Crippen LogP contribution in [0.5, 0.6) is 0 Å². The fourth-order valence-corrected chi connectivity index (χ4v) is 3.06. The number of benzene rings is 1. The first kappa shape index (κ1) is 15.4. The fraction of sp³-hybridized carbons (Fsp3) is 0.571. The molecule has 0 heterocycles. The van der Waals surface area contributed by atoms with E-state index in [9.17, 15) is 8.42 Å². The zero-order valence-electron chi connectivity index (χ0n) is 11.8. The largest absolute Gasteiger partial charge is 0.383 e. The molecule has 5 nitrogen and oxygen atoms in total. The summed E-state index contributed by atoms with van der Waals surface area (Å²) in [6, 6.07) is 8.37. The lowest BCUT2D eigenvalue weighted by Crippen LogP contribution is -2.28. The van der Waals surface area contributed by atoms with E-state index in [0.29, 0.717) is 19.2 Å². The topological polar surface area (TPSA) is 67.4 Å². The van der Waals surface area contributed by atoms with Crippen LogP contribution in [0.2, 0.25) is 0 Å². The van der Waals surface area contributed by atoms with E-state index in [-0.39, 0.29) is 5.75 Å². The quantitative estimate of drug-likeness (QED) is 0.668. The summed E-state index contributed by atoms with van der Waals surface area (Å²) in [6.07, 6.45) is 2.50. The third-order valence-corrected chi connectivity index (χ3v) is 4.51. The monoisotopic (exact) mass is 298 g/mol. The Morgan fingerprint density at radius 2 is 2.05 bits per heavy atom. The minimum Gasteiger partial charge on any atom is -0.383 e. The van der Waals surface area contributed by atoms with Gasteiger partial charge in [-0.3, -0.25) is 0 Å². The number of methoxy groups -OCH3 is 1. The molecule has 1 aromatic carbocycles. The number of ether oxygens (including phenoxy) is 1. The molecule has 2 rings (SSSR count). The van der Waals surface area contributed by atoms with Gasteiger partial charge in [-0.25, -0.2) is 13.1 Å². The van der Waals surface area contributed by atoms with Gasteiger partial charge in [0, 0.05) is 26.2 Å². The van der Waals surface area contributed by atoms with E-state index in [1.165, 1.54) is 12.8 Å². The molecule has 1 aliphatic rings. The molecule has 0 aliphatic heterocycles. The maximum Gasteiger partial charge on any atom is 0.215 e. The molecular weight excluding hydrogens is 276 g/mol. The fourth-order valence-electron chi connectivity index (χ4n) is 1.95. The maximum atomic E-state index is 11.9. The van der Waals surface area contributed by atoms with Crippen molar-refractivity contribution in [3.63, 3.8) is 0 Å². The standard InChI is InChI=1S/C14H22N2O3S/c1-19-8-7-16-20(17,18)11-13-4-2-3-12(9-13)10-15-14-5-6-14/h2-4,9,14-16H,5-8,10-11H2,1H3. The van der Waals surface area contributed by atoms with E-state index in [1.807, 2.05) is 24.3 Å². The van der Waals surface area contributed by atoms with Crippen molar-refractivity contribution in [2.45, 2.75) is 31.2 Å². The molecule has 0 unspecified atom stereocenters. The van der Waals surface area contributed by atoms with Crippen molar-refractivity contribution >= 4 is 10.0 Å². The molecule has 0 spiro atoms. The van der Waals surface area contributed by atoms with Crippen molar-refractivity contribution in [1.29, 1.82) is 0 Å². The summed E-state index contributed by atoms with van der Waals surface area (Å²) >= 11 is 0. The molecule has 1 aliphatic carbocycles. The van der Waals surface area contributed by atoms with E-state index >= 15 is 0 Å². The Balaban J connectivity index is 1.88. The van der Waals surface area contributed by atoms with Crippen LogP contribution in [-0.2, 0) is 27.1 Å². The van der Waals surface area contributed by atoms with Crippen LogP contribution < -0.4 is 10.0 Å². The normalized spacial score (nSPS) is 15.4. The van der Waals surface area contributed by atoms with E-state index in [0.717, 1.165) is 17.7 Å². The summed E-state index contributed by atoms with van der Waals surface area (Å²) in [7, 11) is -1.75. The molecule has 1 fully saturated rings. The van der Waals surface area contributed by atoms with Gasteiger partial charge in [-0.15, -0.1) is 0 Å². The van der Waals surface area contributed by atoms with Crippen molar-refractivity contribution in [3.05, 3.63) is 35.4 Å². The van der Waals surface area contributed by atoms with Gasteiger partial charge < -0.3 is 10.1 Å². The summed E-state index contributed by atoms with van der Waals surface area (Å²) < 4.78 is 31.1. The molecule has 0 bridgehead atoms. The van der Waals surface area contributed by atoms with Crippen molar-refractivity contribution in [2.24, 2.45) is 0 Å². The van der Waals surface area contributed by atoms with Gasteiger partial charge in [0.1, 0.15) is 0 Å². The molecule has 112 valence electrons. The summed E-state index contributed by atoms with van der Waals surface area (Å²) in [5.74, 6) is 0.00792. The Labute approximate surface area is 120 Å². The van der Waals surface area contributed by atoms with Gasteiger partial charge in [0.25, 0.3) is 0 Å². The van der Waals surface area contributed by atoms with Gasteiger partial charge in [-0.1, -0.05) is 24.3 Å². The van der Waals surface area contributed by atoms with Crippen LogP contribution in [0.1, 0.15) is 24.0 Å². The van der Waals surface area contributed by atoms with Crippen molar-refractivity contribution < 1.29 is 13.2 Å². The first-order valence-electron chi connectivity index (χ1n) is 6.86. The highest BCUT2D eigenvalue weighted by Crippen LogP contribution is 2.19. The number of nitrogens with one attached hydrogen (secondary N) is 2. The van der Waals surface area contributed by atoms with Gasteiger partial charge in [0.2, 0.25) is 10.0 Å². The minimum absolute atomic E-state index is 0.00792. The Hall–Kier alpha value is -0.950. The molecule has 2 N–H and O–H groups in total. The van der Waals surface area contributed by atoms with Crippen LogP contribution in [0.3, 0.4) is 0 Å². The smallest absolute Gasteiger partial charge is 0.215 e. The highest BCUT2D eigenvalue weighted by molar-refractivity contribution is 7.88. The Morgan fingerprint density at radius 1 is 1.30 bits per heavy atom. The van der Waals surface area contributed by atoms with Gasteiger partial charge >= 0.3 is 0 Å². The van der Waals surface area contributed by atoms with Crippen LogP contribution in [0.25, 0.3) is 0 Å². The van der Waals surface area contributed by atoms with Gasteiger partial charge in [0.05, 0.1) is 12.4 Å². The van der Waals surface area contributed by atoms with E-state index in [4.69, 9.17) is 4.74 Å². The Bertz CT molecular complexity index is 527. The molecule has 0 aromatic heterocycles. The molecular formula is C14H22N2O3S. The molecule has 0 atom stereocenters. The summed E-state index contributed by atoms with van der Waals surface area (Å²) in [4.78, 5) is 0. The van der Waals surface area contributed by atoms with Crippen LogP contribution in [0.15, 0.2) is 24.3 Å². The predicted molar refractivity (Wildman–Crippen MR) is 78.8 cm³/mol. The molecule has 0 amide bonds. The average molecular weight is 298 g/mol. The van der Waals surface area contributed by atoms with E-state index in [2.05, 4.69) is 10.0 Å². The highest BCUT2D eigenvalue weighted by Gasteiger charge is 2.20. The van der Waals surface area contributed by atoms with Crippen LogP contribution in [0.4, 0.5) is 0 Å². The number of hydrogen-bond acceptors (Lipinski definition) is 4. The highest BCUT2D eigenvalue weighted by atomic mass is 32.2. The number of rotatable bonds is 9. The third-order valence-electron chi connectivity index (χ3n) is 3.15. The Morgan fingerprint density at radius 3 is 2.75 bits per heavy atom.